The van der Waals surface area contributed by atoms with Crippen LogP contribution < -0.4 is 14.8 Å². The predicted octanol–water partition coefficient (Wildman–Crippen LogP) is 4.61. The van der Waals surface area contributed by atoms with Gasteiger partial charge in [0.1, 0.15) is 11.3 Å². The number of benzene rings is 2. The van der Waals surface area contributed by atoms with E-state index in [1.165, 1.54) is 14.1 Å². The Bertz CT molecular complexity index is 1360. The molecule has 1 atom stereocenters. The van der Waals surface area contributed by atoms with Crippen molar-refractivity contribution in [3.05, 3.63) is 70.8 Å². The number of nitrogens with zero attached hydrogens (tertiary/aromatic N) is 1. The molecule has 0 aliphatic carbocycles. The number of hydrogen-bond donors (Lipinski definition) is 2. The van der Waals surface area contributed by atoms with Gasteiger partial charge in [-0.05, 0) is 61.9 Å². The van der Waals surface area contributed by atoms with Crippen molar-refractivity contribution in [2.75, 3.05) is 20.7 Å². The monoisotopic (exact) mass is 581 g/mol. The quantitative estimate of drug-likeness (QED) is 0.298. The van der Waals surface area contributed by atoms with Crippen molar-refractivity contribution < 1.29 is 35.9 Å². The van der Waals surface area contributed by atoms with E-state index in [4.69, 9.17) is 4.74 Å². The van der Waals surface area contributed by atoms with Crippen LogP contribution in [0.4, 0.5) is 13.2 Å². The van der Waals surface area contributed by atoms with E-state index in [0.717, 1.165) is 15.4 Å². The van der Waals surface area contributed by atoms with Gasteiger partial charge >= 0.3 is 16.4 Å². The Hall–Kier alpha value is -3.38. The molecule has 0 spiro atoms. The summed E-state index contributed by atoms with van der Waals surface area (Å²) in [5.74, 6) is -1.20. The summed E-state index contributed by atoms with van der Waals surface area (Å²) in [6.45, 7) is 3.99. The third-order valence-corrected chi connectivity index (χ3v) is 8.05. The van der Waals surface area contributed by atoms with Crippen molar-refractivity contribution in [2.24, 2.45) is 0 Å². The fourth-order valence-electron chi connectivity index (χ4n) is 4.32. The summed E-state index contributed by atoms with van der Waals surface area (Å²) in [6.07, 6.45) is -3.80. The first-order valence-corrected chi connectivity index (χ1v) is 14.2. The second kappa shape index (κ2) is 12.4. The Kier molecular flexibility index (Phi) is 9.68. The first kappa shape index (κ1) is 31.2. The topological polar surface area (TPSA) is 105 Å². The molecule has 0 saturated heterocycles. The maximum absolute atomic E-state index is 13.4. The fourth-order valence-corrected chi connectivity index (χ4v) is 4.84. The summed E-state index contributed by atoms with van der Waals surface area (Å²) in [7, 11) is -1.60. The van der Waals surface area contributed by atoms with E-state index >= 15 is 0 Å². The third-order valence-electron chi connectivity index (χ3n) is 6.64. The summed E-state index contributed by atoms with van der Waals surface area (Å²) in [5, 5.41) is 2.87. The Morgan fingerprint density at radius 3 is 2.25 bits per heavy atom. The molecule has 8 nitrogen and oxygen atoms in total. The van der Waals surface area contributed by atoms with Crippen molar-refractivity contribution in [3.8, 4) is 5.75 Å². The van der Waals surface area contributed by atoms with E-state index < -0.39 is 40.2 Å². The minimum Gasteiger partial charge on any atom is -0.494 e. The number of alkyl halides is 3. The van der Waals surface area contributed by atoms with Gasteiger partial charge in [-0.1, -0.05) is 42.0 Å². The highest BCUT2D eigenvalue weighted by atomic mass is 32.2. The molecule has 1 aliphatic heterocycles. The minimum atomic E-state index is -4.15. The highest BCUT2D eigenvalue weighted by Crippen LogP contribution is 2.39. The number of unbranched alkanes of at least 4 members (excludes halogenated alkanes) is 2. The van der Waals surface area contributed by atoms with Crippen LogP contribution in [0.15, 0.2) is 54.1 Å². The molecular weight excluding hydrogens is 547 g/mol. The van der Waals surface area contributed by atoms with Gasteiger partial charge in [0.2, 0.25) is 0 Å². The highest BCUT2D eigenvalue weighted by molar-refractivity contribution is 7.87. The van der Waals surface area contributed by atoms with Gasteiger partial charge in [0.25, 0.3) is 11.8 Å². The molecule has 12 heteroatoms. The van der Waals surface area contributed by atoms with Crippen LogP contribution >= 0.6 is 0 Å². The van der Waals surface area contributed by atoms with Gasteiger partial charge in [-0.3, -0.25) is 9.59 Å². The molecule has 3 rings (SSSR count). The van der Waals surface area contributed by atoms with Crippen LogP contribution in [-0.2, 0) is 25.3 Å². The predicted molar refractivity (Wildman–Crippen MR) is 145 cm³/mol. The molecule has 1 aliphatic rings. The van der Waals surface area contributed by atoms with Crippen molar-refractivity contribution in [1.82, 2.24) is 14.3 Å². The lowest BCUT2D eigenvalue weighted by molar-refractivity contribution is -0.135. The molecule has 1 heterocycles. The molecule has 0 radical (unpaired) electrons. The molecule has 2 aromatic rings. The van der Waals surface area contributed by atoms with E-state index in [-0.39, 0.29) is 25.0 Å². The summed E-state index contributed by atoms with van der Waals surface area (Å²) in [4.78, 5) is 26.4. The van der Waals surface area contributed by atoms with Crippen LogP contribution in [0, 0.1) is 6.92 Å². The zero-order valence-electron chi connectivity index (χ0n) is 22.9. The van der Waals surface area contributed by atoms with E-state index in [2.05, 4.69) is 5.32 Å². The van der Waals surface area contributed by atoms with E-state index in [0.29, 0.717) is 29.7 Å². The Labute approximate surface area is 232 Å². The largest absolute Gasteiger partial charge is 0.494 e. The SMILES string of the molecule is Cc1ccc(C2=C(C(=O)NS(=O)(=O)N(C)C)C(=O)N[C@](C)(c3ccc(OCCCCCC(F)(F)F)cc3)C2)cc1. The molecule has 2 aromatic carbocycles. The molecule has 2 amide bonds. The second-order valence-corrected chi connectivity index (χ2v) is 12.1. The van der Waals surface area contributed by atoms with Crippen LogP contribution in [0.3, 0.4) is 0 Å². The zero-order chi connectivity index (χ0) is 29.7. The smallest absolute Gasteiger partial charge is 0.389 e. The van der Waals surface area contributed by atoms with Gasteiger partial charge in [0, 0.05) is 26.9 Å². The van der Waals surface area contributed by atoms with Gasteiger partial charge < -0.3 is 10.1 Å². The number of hydrogen-bond acceptors (Lipinski definition) is 5. The standard InChI is InChI=1S/C28H34F3N3O5S/c1-19-8-10-20(11-9-19)23-18-27(2,32-25(35)24(23)26(36)33-40(37,38)34(3)4)21-12-14-22(15-13-21)39-17-7-5-6-16-28(29,30)31/h8-15H,5-7,16-18H2,1-4H3,(H,32,35)(H,33,36)/t27-/m0/s1. The number of amides is 2. The fraction of sp³-hybridized carbons (Fsp3) is 0.429. The van der Waals surface area contributed by atoms with Gasteiger partial charge in [-0.2, -0.15) is 25.9 Å². The molecule has 218 valence electrons. The van der Waals surface area contributed by atoms with Crippen molar-refractivity contribution >= 4 is 27.6 Å². The average Bonchev–Trinajstić information content (AvgIpc) is 2.85. The van der Waals surface area contributed by atoms with Gasteiger partial charge in [-0.25, -0.2) is 4.72 Å². The normalized spacial score (nSPS) is 18.1. The second-order valence-electron chi connectivity index (χ2n) is 10.2. The highest BCUT2D eigenvalue weighted by Gasteiger charge is 2.40. The van der Waals surface area contributed by atoms with E-state index in [9.17, 15) is 31.2 Å². The molecule has 0 bridgehead atoms. The molecule has 0 saturated carbocycles. The lowest BCUT2D eigenvalue weighted by Crippen LogP contribution is -2.51. The van der Waals surface area contributed by atoms with E-state index in [1.54, 1.807) is 43.3 Å². The van der Waals surface area contributed by atoms with Crippen LogP contribution in [-0.4, -0.2) is 51.4 Å². The Morgan fingerprint density at radius 2 is 1.68 bits per heavy atom. The molecule has 0 aromatic heterocycles. The van der Waals surface area contributed by atoms with Gasteiger partial charge in [-0.15, -0.1) is 0 Å². The maximum Gasteiger partial charge on any atom is 0.389 e. The van der Waals surface area contributed by atoms with Crippen LogP contribution in [0.25, 0.3) is 5.57 Å². The molecular formula is C28H34F3N3O5S. The molecule has 0 fully saturated rings. The van der Waals surface area contributed by atoms with Gasteiger partial charge in [0.05, 0.1) is 12.1 Å². The summed E-state index contributed by atoms with van der Waals surface area (Å²) < 4.78 is 69.9. The Balaban J connectivity index is 1.81. The number of rotatable bonds is 11. The lowest BCUT2D eigenvalue weighted by atomic mass is 9.78. The van der Waals surface area contributed by atoms with Crippen molar-refractivity contribution in [3.63, 3.8) is 0 Å². The number of halogens is 3. The Morgan fingerprint density at radius 1 is 1.05 bits per heavy atom. The van der Waals surface area contributed by atoms with Crippen LogP contribution in [0.2, 0.25) is 0 Å². The summed E-state index contributed by atoms with van der Waals surface area (Å²) >= 11 is 0. The first-order chi connectivity index (χ1) is 18.6. The number of aryl methyl sites for hydroxylation is 1. The minimum absolute atomic E-state index is 0.0573. The number of carbonyl (C=O) groups excluding carboxylic acids is 2. The van der Waals surface area contributed by atoms with Crippen LogP contribution in [0.5, 0.6) is 5.75 Å². The number of carbonyl (C=O) groups is 2. The zero-order valence-corrected chi connectivity index (χ0v) is 23.7. The van der Waals surface area contributed by atoms with E-state index in [1.807, 2.05) is 23.8 Å². The van der Waals surface area contributed by atoms with Crippen molar-refractivity contribution in [1.29, 1.82) is 0 Å². The van der Waals surface area contributed by atoms with Crippen LogP contribution in [0.1, 0.15) is 55.7 Å². The lowest BCUT2D eigenvalue weighted by Gasteiger charge is -2.37. The maximum atomic E-state index is 13.4. The van der Waals surface area contributed by atoms with Gasteiger partial charge in [0.15, 0.2) is 0 Å². The summed E-state index contributed by atoms with van der Waals surface area (Å²) in [6, 6.07) is 14.2. The number of ether oxygens (including phenoxy) is 1. The summed E-state index contributed by atoms with van der Waals surface area (Å²) in [5.41, 5.74) is 1.50. The average molecular weight is 582 g/mol. The third kappa shape index (κ3) is 8.07. The molecule has 2 N–H and O–H groups in total. The molecule has 40 heavy (non-hydrogen) atoms. The number of nitrogens with one attached hydrogen (secondary N) is 2. The first-order valence-electron chi connectivity index (χ1n) is 12.8. The molecule has 0 unspecified atom stereocenters. The van der Waals surface area contributed by atoms with Crippen molar-refractivity contribution in [2.45, 2.75) is 57.7 Å².